The number of rotatable bonds is 9. The Hall–Kier alpha value is -0.500. The van der Waals surface area contributed by atoms with Gasteiger partial charge in [0, 0.05) is 28.4 Å². The number of nitrogens with zero attached hydrogens (tertiary/aromatic N) is 1. The molecule has 0 amide bonds. The van der Waals surface area contributed by atoms with Gasteiger partial charge in [-0.15, -0.1) is 0 Å². The molecule has 0 aromatic carbocycles. The van der Waals surface area contributed by atoms with Crippen LogP contribution in [0, 0.1) is 11.1 Å². The molecular weight excluding hydrogens is 286 g/mol. The molecule has 1 rings (SSSR count). The second-order valence-corrected chi connectivity index (χ2v) is 6.15. The molecule has 0 saturated carbocycles. The summed E-state index contributed by atoms with van der Waals surface area (Å²) in [6, 6.07) is -0.672. The van der Waals surface area contributed by atoms with Gasteiger partial charge in [0.2, 0.25) is 0 Å². The highest BCUT2D eigenvalue weighted by molar-refractivity contribution is 4.97. The fourth-order valence-corrected chi connectivity index (χ4v) is 3.32. The van der Waals surface area contributed by atoms with Crippen LogP contribution in [0.4, 0.5) is 0 Å². The minimum Gasteiger partial charge on any atom is -0.632 e. The summed E-state index contributed by atoms with van der Waals surface area (Å²) in [4.78, 5) is 0. The maximum absolute atomic E-state index is 13.6. The van der Waals surface area contributed by atoms with Crippen LogP contribution in [0.5, 0.6) is 0 Å². The molecule has 1 aliphatic rings. The maximum Gasteiger partial charge on any atom is 0.143 e. The van der Waals surface area contributed by atoms with Crippen molar-refractivity contribution in [2.45, 2.75) is 38.1 Å². The van der Waals surface area contributed by atoms with Crippen LogP contribution in [0.3, 0.4) is 0 Å². The Morgan fingerprint density at radius 2 is 1.41 bits per heavy atom. The lowest BCUT2D eigenvalue weighted by Crippen LogP contribution is -2.57. The monoisotopic (exact) mass is 317 g/mol. The first-order valence-electron chi connectivity index (χ1n) is 7.74. The fraction of sp³-hybridized carbons (Fsp3) is 0.875. The van der Waals surface area contributed by atoms with Gasteiger partial charge in [-0.1, -0.05) is 19.9 Å². The molecule has 1 saturated heterocycles. The summed E-state index contributed by atoms with van der Waals surface area (Å²) in [7, 11) is 6.44. The van der Waals surface area contributed by atoms with E-state index >= 15 is 0 Å². The summed E-state index contributed by atoms with van der Waals surface area (Å²) in [5, 5.41) is 13.6. The van der Waals surface area contributed by atoms with Crippen molar-refractivity contribution in [3.05, 3.63) is 17.4 Å². The Bertz CT molecular complexity index is 327. The fourth-order valence-electron chi connectivity index (χ4n) is 3.32. The van der Waals surface area contributed by atoms with E-state index in [0.717, 1.165) is 0 Å². The summed E-state index contributed by atoms with van der Waals surface area (Å²) < 4.78 is 21.3. The Morgan fingerprint density at radius 1 is 0.955 bits per heavy atom. The molecule has 0 aromatic heterocycles. The average molecular weight is 317 g/mol. The van der Waals surface area contributed by atoms with Gasteiger partial charge >= 0.3 is 0 Å². The number of allylic oxidation sites excluding steroid dienone is 1. The van der Waals surface area contributed by atoms with E-state index in [2.05, 4.69) is 13.8 Å². The third kappa shape index (κ3) is 4.07. The van der Waals surface area contributed by atoms with Crippen molar-refractivity contribution < 1.29 is 23.6 Å². The second kappa shape index (κ2) is 8.96. The highest BCUT2D eigenvalue weighted by Gasteiger charge is 2.57. The summed E-state index contributed by atoms with van der Waals surface area (Å²) in [6.07, 6.45) is 3.38. The van der Waals surface area contributed by atoms with Crippen LogP contribution in [-0.4, -0.2) is 77.1 Å². The zero-order valence-electron chi connectivity index (χ0n) is 14.7. The van der Waals surface area contributed by atoms with E-state index in [1.54, 1.807) is 28.4 Å². The van der Waals surface area contributed by atoms with Crippen LogP contribution >= 0.6 is 0 Å². The van der Waals surface area contributed by atoms with Crippen LogP contribution in [0.25, 0.3) is 0 Å². The first-order valence-corrected chi connectivity index (χ1v) is 7.74. The van der Waals surface area contributed by atoms with Crippen molar-refractivity contribution in [3.63, 3.8) is 0 Å². The predicted molar refractivity (Wildman–Crippen MR) is 85.4 cm³/mol. The van der Waals surface area contributed by atoms with Gasteiger partial charge in [0.1, 0.15) is 37.5 Å². The van der Waals surface area contributed by atoms with Gasteiger partial charge < -0.3 is 28.8 Å². The molecule has 130 valence electrons. The lowest BCUT2D eigenvalue weighted by molar-refractivity contribution is -0.914. The van der Waals surface area contributed by atoms with Gasteiger partial charge in [-0.25, -0.2) is 0 Å². The van der Waals surface area contributed by atoms with Crippen molar-refractivity contribution in [1.29, 1.82) is 0 Å². The summed E-state index contributed by atoms with van der Waals surface area (Å²) in [5.41, 5.74) is 0. The van der Waals surface area contributed by atoms with Crippen molar-refractivity contribution in [2.75, 3.05) is 48.2 Å². The quantitative estimate of drug-likeness (QED) is 0.367. The summed E-state index contributed by atoms with van der Waals surface area (Å²) >= 11 is 0. The average Bonchev–Trinajstić information content (AvgIpc) is 2.69. The molecule has 1 heterocycles. The smallest absolute Gasteiger partial charge is 0.143 e. The zero-order chi connectivity index (χ0) is 16.8. The van der Waals surface area contributed by atoms with E-state index in [9.17, 15) is 5.21 Å². The number of likely N-dealkylation sites (tertiary alicyclic amines) is 1. The van der Waals surface area contributed by atoms with Crippen LogP contribution in [0.1, 0.15) is 13.8 Å². The highest BCUT2D eigenvalue weighted by Crippen LogP contribution is 2.36. The minimum absolute atomic E-state index is 0.310. The van der Waals surface area contributed by atoms with Gasteiger partial charge in [0.15, 0.2) is 0 Å². The van der Waals surface area contributed by atoms with Gasteiger partial charge in [-0.2, -0.15) is 0 Å². The van der Waals surface area contributed by atoms with Gasteiger partial charge in [0.25, 0.3) is 0 Å². The zero-order valence-corrected chi connectivity index (χ0v) is 14.7. The number of ether oxygens (including phenoxy) is 4. The predicted octanol–water partition coefficient (Wildman–Crippen LogP) is 1.59. The largest absolute Gasteiger partial charge is 0.632 e. The van der Waals surface area contributed by atoms with E-state index in [1.165, 1.54) is 0 Å². The number of hydrogen-bond acceptors (Lipinski definition) is 5. The molecule has 1 aliphatic heterocycles. The molecule has 0 aromatic rings. The molecule has 0 radical (unpaired) electrons. The van der Waals surface area contributed by atoms with E-state index < -0.39 is 4.65 Å². The van der Waals surface area contributed by atoms with Crippen molar-refractivity contribution in [3.8, 4) is 0 Å². The van der Waals surface area contributed by atoms with E-state index in [-0.39, 0.29) is 24.3 Å². The number of methoxy groups -OCH3 is 4. The van der Waals surface area contributed by atoms with Crippen LogP contribution in [0.15, 0.2) is 12.2 Å². The van der Waals surface area contributed by atoms with Crippen LogP contribution in [0.2, 0.25) is 0 Å². The number of hydroxylamine groups is 3. The topological polar surface area (TPSA) is 60.0 Å². The highest BCUT2D eigenvalue weighted by atomic mass is 16.6. The first-order chi connectivity index (χ1) is 10.5. The first kappa shape index (κ1) is 19.5. The molecule has 0 spiro atoms. The lowest BCUT2D eigenvalue weighted by atomic mass is 10.1. The lowest BCUT2D eigenvalue weighted by Gasteiger charge is -2.48. The third-order valence-electron chi connectivity index (χ3n) is 4.34. The standard InChI is InChI=1S/C16H31NO5/c1-12(2)8-7-9-17(18)13(10-19-3)15(21-5)16(22-6)14(17)11-20-4/h7-8,12-16H,9-11H2,1-6H3/b8-7+/t13-,14-,15+,16+/m0/s1. The van der Waals surface area contributed by atoms with Crippen LogP contribution in [-0.2, 0) is 18.9 Å². The van der Waals surface area contributed by atoms with Gasteiger partial charge in [-0.05, 0) is 12.0 Å². The van der Waals surface area contributed by atoms with Gasteiger partial charge in [-0.3, -0.25) is 0 Å². The second-order valence-electron chi connectivity index (χ2n) is 6.15. The molecule has 0 N–H and O–H groups in total. The Labute approximate surface area is 134 Å². The van der Waals surface area contributed by atoms with E-state index in [1.807, 2.05) is 12.2 Å². The van der Waals surface area contributed by atoms with E-state index in [0.29, 0.717) is 25.7 Å². The minimum atomic E-state index is -0.443. The Kier molecular flexibility index (Phi) is 7.96. The third-order valence-corrected chi connectivity index (χ3v) is 4.34. The van der Waals surface area contributed by atoms with Crippen molar-refractivity contribution >= 4 is 0 Å². The molecule has 22 heavy (non-hydrogen) atoms. The Balaban J connectivity index is 3.11. The maximum atomic E-state index is 13.6. The molecule has 4 atom stereocenters. The Morgan fingerprint density at radius 3 is 1.73 bits per heavy atom. The summed E-state index contributed by atoms with van der Waals surface area (Å²) in [6.45, 7) is 5.20. The SMILES string of the molecule is COC[C@H]1[C@@H](OC)[C@H](OC)[C@H](COC)[N+]1([O-])C/C=C/C(C)C. The molecule has 0 bridgehead atoms. The normalized spacial score (nSPS) is 35.8. The van der Waals surface area contributed by atoms with Gasteiger partial charge in [0.05, 0.1) is 6.54 Å². The van der Waals surface area contributed by atoms with Crippen LogP contribution < -0.4 is 0 Å². The number of hydrogen-bond donors (Lipinski definition) is 0. The van der Waals surface area contributed by atoms with E-state index in [4.69, 9.17) is 18.9 Å². The molecule has 6 nitrogen and oxygen atoms in total. The summed E-state index contributed by atoms with van der Waals surface area (Å²) in [5.74, 6) is 0.410. The molecule has 1 fully saturated rings. The van der Waals surface area contributed by atoms with Crippen molar-refractivity contribution in [2.24, 2.45) is 5.92 Å². The number of quaternary nitrogens is 1. The van der Waals surface area contributed by atoms with Crippen molar-refractivity contribution in [1.82, 2.24) is 0 Å². The molecular formula is C16H31NO5. The molecule has 0 aliphatic carbocycles. The molecule has 6 heteroatoms. The molecule has 0 unspecified atom stereocenters.